The van der Waals surface area contributed by atoms with Gasteiger partial charge >= 0.3 is 0 Å². The third-order valence-electron chi connectivity index (χ3n) is 4.05. The van der Waals surface area contributed by atoms with E-state index in [1.54, 1.807) is 29.6 Å². The number of hydrogen-bond donors (Lipinski definition) is 0. The van der Waals surface area contributed by atoms with E-state index < -0.39 is 0 Å². The molecule has 1 amide bonds. The van der Waals surface area contributed by atoms with Gasteiger partial charge in [-0.15, -0.1) is 22.7 Å². The van der Waals surface area contributed by atoms with Crippen molar-refractivity contribution in [2.24, 2.45) is 0 Å². The Balaban J connectivity index is 1.56. The normalized spacial score (nSPS) is 10.9. The molecule has 0 saturated carbocycles. The molecule has 27 heavy (non-hydrogen) atoms. The minimum Gasteiger partial charge on any atom is -0.334 e. The smallest absolute Gasteiger partial charge is 0.257 e. The Morgan fingerprint density at radius 1 is 1.00 bits per heavy atom. The van der Waals surface area contributed by atoms with E-state index in [0.717, 1.165) is 15.3 Å². The average molecular weight is 396 g/mol. The zero-order chi connectivity index (χ0) is 18.6. The molecule has 5 nitrogen and oxygen atoms in total. The molecular formula is C20H17N3O2S2. The van der Waals surface area contributed by atoms with Crippen LogP contribution >= 0.6 is 22.7 Å². The van der Waals surface area contributed by atoms with Crippen molar-refractivity contribution < 1.29 is 9.32 Å². The van der Waals surface area contributed by atoms with Gasteiger partial charge in [0.25, 0.3) is 11.8 Å². The maximum atomic E-state index is 13.1. The molecule has 136 valence electrons. The maximum Gasteiger partial charge on any atom is 0.257 e. The largest absolute Gasteiger partial charge is 0.334 e. The first-order chi connectivity index (χ1) is 13.2. The molecule has 0 saturated heterocycles. The van der Waals surface area contributed by atoms with Crippen molar-refractivity contribution in [1.82, 2.24) is 15.0 Å². The number of nitrogens with zero attached hydrogens (tertiary/aromatic N) is 3. The summed E-state index contributed by atoms with van der Waals surface area (Å²) in [5.41, 5.74) is 1.44. The minimum atomic E-state index is 0.00468. The van der Waals surface area contributed by atoms with Gasteiger partial charge in [-0.25, -0.2) is 0 Å². The Labute approximate surface area is 164 Å². The van der Waals surface area contributed by atoms with Crippen molar-refractivity contribution in [3.63, 3.8) is 0 Å². The highest BCUT2D eigenvalue weighted by Gasteiger charge is 2.18. The summed E-state index contributed by atoms with van der Waals surface area (Å²) in [6, 6.07) is 15.4. The lowest BCUT2D eigenvalue weighted by atomic mass is 10.1. The molecule has 3 heterocycles. The van der Waals surface area contributed by atoms with Crippen LogP contribution in [-0.2, 0) is 13.1 Å². The van der Waals surface area contributed by atoms with Gasteiger partial charge in [-0.05, 0) is 54.1 Å². The molecule has 4 rings (SSSR count). The Hall–Kier alpha value is -2.77. The van der Waals surface area contributed by atoms with Crippen LogP contribution in [0.15, 0.2) is 63.8 Å². The number of carbonyl (C=O) groups is 1. The zero-order valence-corrected chi connectivity index (χ0v) is 16.3. The van der Waals surface area contributed by atoms with Crippen LogP contribution < -0.4 is 0 Å². The molecule has 0 fully saturated rings. The third kappa shape index (κ3) is 4.15. The molecule has 4 aromatic rings. The molecule has 0 aliphatic rings. The van der Waals surface area contributed by atoms with Crippen LogP contribution in [0.1, 0.15) is 25.9 Å². The number of carbonyl (C=O) groups excluding carboxylic acids is 1. The second kappa shape index (κ2) is 7.85. The van der Waals surface area contributed by atoms with Gasteiger partial charge in [0.1, 0.15) is 0 Å². The molecule has 0 aliphatic carbocycles. The van der Waals surface area contributed by atoms with Gasteiger partial charge in [0.2, 0.25) is 0 Å². The Morgan fingerprint density at radius 3 is 2.11 bits per heavy atom. The highest BCUT2D eigenvalue weighted by Crippen LogP contribution is 2.22. The number of aryl methyl sites for hydroxylation is 1. The van der Waals surface area contributed by atoms with Gasteiger partial charge in [0.15, 0.2) is 5.82 Å². The van der Waals surface area contributed by atoms with Crippen LogP contribution in [0.5, 0.6) is 0 Å². The van der Waals surface area contributed by atoms with Gasteiger partial charge in [0.05, 0.1) is 13.1 Å². The van der Waals surface area contributed by atoms with Gasteiger partial charge in [0, 0.05) is 20.9 Å². The molecule has 0 unspecified atom stereocenters. The van der Waals surface area contributed by atoms with Gasteiger partial charge in [-0.2, -0.15) is 4.98 Å². The SMILES string of the molecule is Cc1noc(-c2ccc(C(=O)N(Cc3cccs3)Cc3cccs3)cc2)n1. The third-order valence-corrected chi connectivity index (χ3v) is 5.77. The Bertz CT molecular complexity index is 970. The number of rotatable bonds is 6. The van der Waals surface area contributed by atoms with Crippen LogP contribution in [0, 0.1) is 6.92 Å². The highest BCUT2D eigenvalue weighted by atomic mass is 32.1. The molecule has 0 spiro atoms. The van der Waals surface area contributed by atoms with Crippen molar-refractivity contribution in [2.45, 2.75) is 20.0 Å². The van der Waals surface area contributed by atoms with Crippen molar-refractivity contribution in [3.05, 3.63) is 80.4 Å². The van der Waals surface area contributed by atoms with Crippen molar-refractivity contribution in [2.75, 3.05) is 0 Å². The molecule has 0 radical (unpaired) electrons. The fourth-order valence-corrected chi connectivity index (χ4v) is 4.17. The summed E-state index contributed by atoms with van der Waals surface area (Å²) in [5, 5.41) is 7.87. The Kier molecular flexibility index (Phi) is 5.13. The quantitative estimate of drug-likeness (QED) is 0.460. The van der Waals surface area contributed by atoms with Crippen LogP contribution in [0.25, 0.3) is 11.5 Å². The van der Waals surface area contributed by atoms with E-state index in [-0.39, 0.29) is 5.91 Å². The number of hydrogen-bond acceptors (Lipinski definition) is 6. The summed E-state index contributed by atoms with van der Waals surface area (Å²) in [5.74, 6) is 1.05. The predicted molar refractivity (Wildman–Crippen MR) is 107 cm³/mol. The minimum absolute atomic E-state index is 0.00468. The van der Waals surface area contributed by atoms with Crippen molar-refractivity contribution >= 4 is 28.6 Å². The topological polar surface area (TPSA) is 59.2 Å². The summed E-state index contributed by atoms with van der Waals surface area (Å²) in [6.45, 7) is 2.97. The second-order valence-corrected chi connectivity index (χ2v) is 8.11. The van der Waals surface area contributed by atoms with Crippen LogP contribution in [0.3, 0.4) is 0 Å². The lowest BCUT2D eigenvalue weighted by Crippen LogP contribution is -2.29. The maximum absolute atomic E-state index is 13.1. The Morgan fingerprint density at radius 2 is 1.63 bits per heavy atom. The van der Waals surface area contributed by atoms with Crippen LogP contribution in [-0.4, -0.2) is 20.9 Å². The molecule has 0 bridgehead atoms. The van der Waals surface area contributed by atoms with E-state index in [4.69, 9.17) is 4.52 Å². The molecule has 0 atom stereocenters. The van der Waals surface area contributed by atoms with Crippen LogP contribution in [0.4, 0.5) is 0 Å². The predicted octanol–water partition coefficient (Wildman–Crippen LogP) is 5.01. The molecule has 7 heteroatoms. The molecule has 0 aliphatic heterocycles. The van der Waals surface area contributed by atoms with Gasteiger partial charge in [-0.1, -0.05) is 17.3 Å². The molecule has 1 aromatic carbocycles. The number of aromatic nitrogens is 2. The lowest BCUT2D eigenvalue weighted by molar-refractivity contribution is 0.0733. The standard InChI is InChI=1S/C20H17N3O2S2/c1-14-21-19(25-22-14)15-6-8-16(9-7-15)20(24)23(12-17-4-2-10-26-17)13-18-5-3-11-27-18/h2-11H,12-13H2,1H3. The molecule has 3 aromatic heterocycles. The van der Waals surface area contributed by atoms with Crippen LogP contribution in [0.2, 0.25) is 0 Å². The number of thiophene rings is 2. The van der Waals surface area contributed by atoms with Gasteiger partial charge in [-0.3, -0.25) is 4.79 Å². The first-order valence-corrected chi connectivity index (χ1v) is 10.2. The fraction of sp³-hybridized carbons (Fsp3) is 0.150. The highest BCUT2D eigenvalue weighted by molar-refractivity contribution is 7.10. The molecular weight excluding hydrogens is 378 g/mol. The van der Waals surface area contributed by atoms with E-state index in [9.17, 15) is 4.79 Å². The number of benzene rings is 1. The van der Waals surface area contributed by atoms with E-state index in [1.807, 2.05) is 52.1 Å². The fourth-order valence-electron chi connectivity index (χ4n) is 2.73. The molecule has 0 N–H and O–H groups in total. The van der Waals surface area contributed by atoms with Crippen molar-refractivity contribution in [1.29, 1.82) is 0 Å². The monoisotopic (exact) mass is 395 g/mol. The second-order valence-electron chi connectivity index (χ2n) is 6.04. The summed E-state index contributed by atoms with van der Waals surface area (Å²) in [4.78, 5) is 21.6. The summed E-state index contributed by atoms with van der Waals surface area (Å²) in [7, 11) is 0. The summed E-state index contributed by atoms with van der Waals surface area (Å²) >= 11 is 3.32. The summed E-state index contributed by atoms with van der Waals surface area (Å²) in [6.07, 6.45) is 0. The first-order valence-electron chi connectivity index (χ1n) is 8.44. The van der Waals surface area contributed by atoms with Gasteiger partial charge < -0.3 is 9.42 Å². The van der Waals surface area contributed by atoms with Crippen molar-refractivity contribution in [3.8, 4) is 11.5 Å². The summed E-state index contributed by atoms with van der Waals surface area (Å²) < 4.78 is 5.18. The zero-order valence-electron chi connectivity index (χ0n) is 14.7. The first kappa shape index (κ1) is 17.6. The number of amides is 1. The lowest BCUT2D eigenvalue weighted by Gasteiger charge is -2.21. The average Bonchev–Trinajstić information content (AvgIpc) is 3.44. The van der Waals surface area contributed by atoms with E-state index in [0.29, 0.717) is 30.4 Å². The van der Waals surface area contributed by atoms with E-state index in [2.05, 4.69) is 22.3 Å². The van der Waals surface area contributed by atoms with E-state index >= 15 is 0 Å². The van der Waals surface area contributed by atoms with E-state index in [1.165, 1.54) is 0 Å².